The fraction of sp³-hybridized carbons (Fsp3) is 0.429. The third-order valence-electron chi connectivity index (χ3n) is 2.71. The number of carbonyl (C=O) groups excluding carboxylic acids is 1. The maximum absolute atomic E-state index is 12.1. The highest BCUT2D eigenvalue weighted by Gasteiger charge is 2.14. The van der Waals surface area contributed by atoms with Crippen molar-refractivity contribution in [1.82, 2.24) is 4.90 Å². The molecule has 0 aliphatic rings. The van der Waals surface area contributed by atoms with Crippen LogP contribution < -0.4 is 0 Å². The maximum atomic E-state index is 12.1. The van der Waals surface area contributed by atoms with E-state index in [1.165, 1.54) is 0 Å². The highest BCUT2D eigenvalue weighted by molar-refractivity contribution is 6.30. The summed E-state index contributed by atoms with van der Waals surface area (Å²) in [5.74, 6) is -0.939. The van der Waals surface area contributed by atoms with Crippen LogP contribution in [-0.4, -0.2) is 35.0 Å². The normalized spacial score (nSPS) is 10.2. The minimum absolute atomic E-state index is 0.0215. The molecule has 1 aromatic rings. The van der Waals surface area contributed by atoms with Crippen LogP contribution in [-0.2, 0) is 16.0 Å². The summed E-state index contributed by atoms with van der Waals surface area (Å²) in [5, 5.41) is 9.31. The fourth-order valence-corrected chi connectivity index (χ4v) is 1.88. The molecule has 0 radical (unpaired) electrons. The molecule has 1 aromatic carbocycles. The van der Waals surface area contributed by atoms with E-state index in [4.69, 9.17) is 16.7 Å². The van der Waals surface area contributed by atoms with Gasteiger partial charge in [0.25, 0.3) is 0 Å². The van der Waals surface area contributed by atoms with E-state index >= 15 is 0 Å². The number of hydrogen-bond donors (Lipinski definition) is 1. The Morgan fingerprint density at radius 3 is 2.37 bits per heavy atom. The zero-order valence-corrected chi connectivity index (χ0v) is 11.7. The minimum atomic E-state index is -0.889. The summed E-state index contributed by atoms with van der Waals surface area (Å²) in [6.07, 6.45) is 1.06. The number of carboxylic acid groups (broad SMARTS) is 1. The lowest BCUT2D eigenvalue weighted by Crippen LogP contribution is -2.34. The van der Waals surface area contributed by atoms with Gasteiger partial charge in [-0.25, -0.2) is 0 Å². The summed E-state index contributed by atoms with van der Waals surface area (Å²) in [4.78, 5) is 24.3. The second-order valence-electron chi connectivity index (χ2n) is 4.33. The lowest BCUT2D eigenvalue weighted by molar-refractivity contribution is -0.138. The Kier molecular flexibility index (Phi) is 6.36. The molecule has 0 aliphatic heterocycles. The van der Waals surface area contributed by atoms with E-state index in [0.717, 1.165) is 12.0 Å². The predicted octanol–water partition coefficient (Wildman–Crippen LogP) is 2.60. The SMILES string of the molecule is CCCN(CCC(=O)O)C(=O)Cc1ccc(Cl)cc1. The molecule has 19 heavy (non-hydrogen) atoms. The third kappa shape index (κ3) is 5.75. The summed E-state index contributed by atoms with van der Waals surface area (Å²) in [5.41, 5.74) is 0.880. The molecule has 0 saturated carbocycles. The third-order valence-corrected chi connectivity index (χ3v) is 2.96. The van der Waals surface area contributed by atoms with Crippen molar-refractivity contribution >= 4 is 23.5 Å². The van der Waals surface area contributed by atoms with Gasteiger partial charge in [0.15, 0.2) is 0 Å². The van der Waals surface area contributed by atoms with Crippen LogP contribution in [0.15, 0.2) is 24.3 Å². The first-order chi connectivity index (χ1) is 9.02. The van der Waals surface area contributed by atoms with Crippen LogP contribution >= 0.6 is 11.6 Å². The maximum Gasteiger partial charge on any atom is 0.305 e. The monoisotopic (exact) mass is 283 g/mol. The van der Waals surface area contributed by atoms with Crippen molar-refractivity contribution in [2.24, 2.45) is 0 Å². The Balaban J connectivity index is 2.60. The summed E-state index contributed by atoms with van der Waals surface area (Å²) in [6, 6.07) is 7.10. The molecule has 1 N–H and O–H groups in total. The highest BCUT2D eigenvalue weighted by atomic mass is 35.5. The van der Waals surface area contributed by atoms with Gasteiger partial charge >= 0.3 is 5.97 Å². The van der Waals surface area contributed by atoms with Gasteiger partial charge in [-0.1, -0.05) is 30.7 Å². The second-order valence-corrected chi connectivity index (χ2v) is 4.76. The predicted molar refractivity (Wildman–Crippen MR) is 74.3 cm³/mol. The van der Waals surface area contributed by atoms with Crippen LogP contribution in [0, 0.1) is 0 Å². The van der Waals surface area contributed by atoms with Crippen LogP contribution in [0.4, 0.5) is 0 Å². The summed E-state index contributed by atoms with van der Waals surface area (Å²) >= 11 is 5.78. The van der Waals surface area contributed by atoms with Crippen molar-refractivity contribution in [1.29, 1.82) is 0 Å². The highest BCUT2D eigenvalue weighted by Crippen LogP contribution is 2.11. The van der Waals surface area contributed by atoms with E-state index in [0.29, 0.717) is 11.6 Å². The second kappa shape index (κ2) is 7.79. The first-order valence-corrected chi connectivity index (χ1v) is 6.64. The van der Waals surface area contributed by atoms with Crippen molar-refractivity contribution in [2.75, 3.05) is 13.1 Å². The Hall–Kier alpha value is -1.55. The lowest BCUT2D eigenvalue weighted by atomic mass is 10.1. The smallest absolute Gasteiger partial charge is 0.305 e. The van der Waals surface area contributed by atoms with Crippen molar-refractivity contribution in [3.63, 3.8) is 0 Å². The van der Waals surface area contributed by atoms with Gasteiger partial charge in [0.1, 0.15) is 0 Å². The van der Waals surface area contributed by atoms with Gasteiger partial charge in [0.2, 0.25) is 5.91 Å². The number of carbonyl (C=O) groups is 2. The summed E-state index contributed by atoms with van der Waals surface area (Å²) in [6.45, 7) is 2.80. The average molecular weight is 284 g/mol. The van der Waals surface area contributed by atoms with Crippen LogP contribution in [0.3, 0.4) is 0 Å². The molecule has 0 spiro atoms. The molecule has 1 rings (SSSR count). The number of nitrogens with zero attached hydrogens (tertiary/aromatic N) is 1. The van der Waals surface area contributed by atoms with Gasteiger partial charge in [-0.15, -0.1) is 0 Å². The van der Waals surface area contributed by atoms with Gasteiger partial charge in [0, 0.05) is 18.1 Å². The average Bonchev–Trinajstić information content (AvgIpc) is 2.37. The zero-order valence-electron chi connectivity index (χ0n) is 10.9. The van der Waals surface area contributed by atoms with Crippen molar-refractivity contribution < 1.29 is 14.7 Å². The molecule has 0 saturated heterocycles. The van der Waals surface area contributed by atoms with E-state index in [2.05, 4.69) is 0 Å². The summed E-state index contributed by atoms with van der Waals surface area (Å²) < 4.78 is 0. The number of aliphatic carboxylic acids is 1. The number of hydrogen-bond acceptors (Lipinski definition) is 2. The molecule has 104 valence electrons. The van der Waals surface area contributed by atoms with Crippen LogP contribution in [0.1, 0.15) is 25.3 Å². The quantitative estimate of drug-likeness (QED) is 0.837. The number of carboxylic acids is 1. The van der Waals surface area contributed by atoms with Crippen molar-refractivity contribution in [2.45, 2.75) is 26.2 Å². The van der Waals surface area contributed by atoms with Gasteiger partial charge in [-0.2, -0.15) is 0 Å². The van der Waals surface area contributed by atoms with E-state index in [-0.39, 0.29) is 25.3 Å². The van der Waals surface area contributed by atoms with Crippen LogP contribution in [0.25, 0.3) is 0 Å². The van der Waals surface area contributed by atoms with Gasteiger partial charge in [0.05, 0.1) is 12.8 Å². The number of benzene rings is 1. The van der Waals surface area contributed by atoms with Gasteiger partial charge < -0.3 is 10.0 Å². The Morgan fingerprint density at radius 2 is 1.84 bits per heavy atom. The molecule has 4 nitrogen and oxygen atoms in total. The summed E-state index contributed by atoms with van der Waals surface area (Å²) in [7, 11) is 0. The van der Waals surface area contributed by atoms with E-state index in [1.807, 2.05) is 19.1 Å². The number of rotatable bonds is 7. The molecule has 1 amide bonds. The van der Waals surface area contributed by atoms with Gasteiger partial charge in [-0.05, 0) is 24.1 Å². The molecular weight excluding hydrogens is 266 g/mol. The largest absolute Gasteiger partial charge is 0.481 e. The molecular formula is C14H18ClNO3. The first kappa shape index (κ1) is 15.5. The first-order valence-electron chi connectivity index (χ1n) is 6.27. The van der Waals surface area contributed by atoms with E-state index in [9.17, 15) is 9.59 Å². The standard InChI is InChI=1S/C14H18ClNO3/c1-2-8-16(9-7-14(18)19)13(17)10-11-3-5-12(15)6-4-11/h3-6H,2,7-10H2,1H3,(H,18,19). The lowest BCUT2D eigenvalue weighted by Gasteiger charge is -2.21. The molecule has 0 aliphatic carbocycles. The number of halogens is 1. The molecule has 0 atom stereocenters. The topological polar surface area (TPSA) is 57.6 Å². The van der Waals surface area contributed by atoms with Crippen LogP contribution in [0.2, 0.25) is 5.02 Å². The van der Waals surface area contributed by atoms with Crippen molar-refractivity contribution in [3.05, 3.63) is 34.9 Å². The van der Waals surface area contributed by atoms with Crippen LogP contribution in [0.5, 0.6) is 0 Å². The molecule has 0 unspecified atom stereocenters. The molecule has 0 bridgehead atoms. The Morgan fingerprint density at radius 1 is 1.21 bits per heavy atom. The number of amides is 1. The fourth-order valence-electron chi connectivity index (χ4n) is 1.75. The molecule has 5 heteroatoms. The van der Waals surface area contributed by atoms with Gasteiger partial charge in [-0.3, -0.25) is 9.59 Å². The zero-order chi connectivity index (χ0) is 14.3. The molecule has 0 aromatic heterocycles. The Bertz CT molecular complexity index is 431. The van der Waals surface area contributed by atoms with Crippen molar-refractivity contribution in [3.8, 4) is 0 Å². The minimum Gasteiger partial charge on any atom is -0.481 e. The molecule has 0 heterocycles. The van der Waals surface area contributed by atoms with E-state index < -0.39 is 5.97 Å². The Labute approximate surface area is 118 Å². The molecule has 0 fully saturated rings. The van der Waals surface area contributed by atoms with E-state index in [1.54, 1.807) is 17.0 Å².